The minimum atomic E-state index is -0.185. The highest BCUT2D eigenvalue weighted by Gasteiger charge is 2.25. The molecular formula is C14H16Cl5N2O2+. The van der Waals surface area contributed by atoms with Crippen molar-refractivity contribution in [3.8, 4) is 5.75 Å². The zero-order valence-electron chi connectivity index (χ0n) is 12.4. The minimum Gasteiger partial charge on any atom is -0.481 e. The van der Waals surface area contributed by atoms with E-state index < -0.39 is 0 Å². The van der Waals surface area contributed by atoms with Crippen molar-refractivity contribution in [1.82, 2.24) is 4.90 Å². The van der Waals surface area contributed by atoms with E-state index in [1.807, 2.05) is 0 Å². The Morgan fingerprint density at radius 3 is 1.96 bits per heavy atom. The van der Waals surface area contributed by atoms with E-state index in [0.717, 1.165) is 19.6 Å². The molecule has 1 aromatic carbocycles. The van der Waals surface area contributed by atoms with Crippen LogP contribution in [0.25, 0.3) is 0 Å². The molecule has 1 aliphatic rings. The zero-order chi connectivity index (χ0) is 17.1. The number of nitrogens with one attached hydrogen (secondary N) is 1. The van der Waals surface area contributed by atoms with Crippen LogP contribution in [0.2, 0.25) is 25.1 Å². The van der Waals surface area contributed by atoms with Gasteiger partial charge in [-0.05, 0) is 6.92 Å². The fourth-order valence-corrected chi connectivity index (χ4v) is 3.59. The van der Waals surface area contributed by atoms with Crippen LogP contribution in [0.4, 0.5) is 0 Å². The maximum absolute atomic E-state index is 12.2. The Labute approximate surface area is 160 Å². The van der Waals surface area contributed by atoms with Gasteiger partial charge in [0.25, 0.3) is 5.91 Å². The number of piperazine rings is 1. The van der Waals surface area contributed by atoms with E-state index in [0.29, 0.717) is 13.1 Å². The lowest BCUT2D eigenvalue weighted by atomic mass is 10.3. The van der Waals surface area contributed by atoms with Gasteiger partial charge in [-0.3, -0.25) is 4.79 Å². The molecule has 4 nitrogen and oxygen atoms in total. The smallest absolute Gasteiger partial charge is 0.260 e. The SMILES string of the molecule is CC[NH+]1CCN(C(=O)COc2c(Cl)c(Cl)c(Cl)c(Cl)c2Cl)CC1. The number of halogens is 5. The lowest BCUT2D eigenvalue weighted by Gasteiger charge is -2.31. The molecule has 0 aliphatic carbocycles. The van der Waals surface area contributed by atoms with Crippen LogP contribution in [-0.4, -0.2) is 50.1 Å². The van der Waals surface area contributed by atoms with Crippen LogP contribution >= 0.6 is 58.0 Å². The van der Waals surface area contributed by atoms with Crippen LogP contribution in [0.15, 0.2) is 0 Å². The molecule has 1 fully saturated rings. The Kier molecular flexibility index (Phi) is 6.96. The number of ether oxygens (including phenoxy) is 1. The molecule has 1 aliphatic heterocycles. The van der Waals surface area contributed by atoms with E-state index in [-0.39, 0.29) is 43.4 Å². The van der Waals surface area contributed by atoms with Crippen molar-refractivity contribution in [2.24, 2.45) is 0 Å². The summed E-state index contributed by atoms with van der Waals surface area (Å²) in [5.74, 6) is -0.0617. The second-order valence-electron chi connectivity index (χ2n) is 5.17. The Bertz CT molecular complexity index is 574. The van der Waals surface area contributed by atoms with Crippen molar-refractivity contribution in [2.75, 3.05) is 39.3 Å². The standard InChI is InChI=1S/C14H15Cl5N2O2/c1-2-20-3-5-21(6-4-20)8(22)7-23-14-12(18)10(16)9(15)11(17)13(14)19/h2-7H2,1H3/p+1. The predicted octanol–water partition coefficient (Wildman–Crippen LogP) is 3.08. The summed E-state index contributed by atoms with van der Waals surface area (Å²) in [6.07, 6.45) is 0. The molecule has 9 heteroatoms. The molecule has 0 bridgehead atoms. The number of quaternary nitrogens is 1. The second kappa shape index (κ2) is 8.32. The van der Waals surface area contributed by atoms with Crippen molar-refractivity contribution in [3.63, 3.8) is 0 Å². The van der Waals surface area contributed by atoms with Gasteiger partial charge in [-0.15, -0.1) is 0 Å². The van der Waals surface area contributed by atoms with E-state index in [2.05, 4.69) is 6.92 Å². The van der Waals surface area contributed by atoms with Crippen LogP contribution in [0.3, 0.4) is 0 Å². The maximum atomic E-state index is 12.2. The van der Waals surface area contributed by atoms with E-state index in [4.69, 9.17) is 62.7 Å². The highest BCUT2D eigenvalue weighted by atomic mass is 35.5. The first kappa shape index (κ1) is 19.2. The lowest BCUT2D eigenvalue weighted by Crippen LogP contribution is -3.14. The van der Waals surface area contributed by atoms with E-state index >= 15 is 0 Å². The molecule has 1 N–H and O–H groups in total. The van der Waals surface area contributed by atoms with E-state index in [1.54, 1.807) is 4.90 Å². The zero-order valence-corrected chi connectivity index (χ0v) is 16.2. The number of carbonyl (C=O) groups excluding carboxylic acids is 1. The fourth-order valence-electron chi connectivity index (χ4n) is 2.36. The number of benzene rings is 1. The van der Waals surface area contributed by atoms with Gasteiger partial charge in [0.15, 0.2) is 12.4 Å². The summed E-state index contributed by atoms with van der Waals surface area (Å²) in [5, 5.41) is 0.231. The Morgan fingerprint density at radius 2 is 1.48 bits per heavy atom. The third kappa shape index (κ3) is 4.30. The normalized spacial score (nSPS) is 15.8. The second-order valence-corrected chi connectivity index (χ2v) is 7.06. The molecule has 1 amide bonds. The monoisotopic (exact) mass is 419 g/mol. The Hall–Kier alpha value is -0.100. The average molecular weight is 422 g/mol. The molecule has 2 rings (SSSR count). The molecule has 0 radical (unpaired) electrons. The third-order valence-corrected chi connectivity index (χ3v) is 6.07. The van der Waals surface area contributed by atoms with Gasteiger partial charge in [-0.25, -0.2) is 0 Å². The molecule has 0 atom stereocenters. The number of hydrogen-bond donors (Lipinski definition) is 1. The van der Waals surface area contributed by atoms with Crippen LogP contribution < -0.4 is 9.64 Å². The molecule has 1 heterocycles. The summed E-state index contributed by atoms with van der Waals surface area (Å²) in [5.41, 5.74) is 0. The number of rotatable bonds is 4. The highest BCUT2D eigenvalue weighted by molar-refractivity contribution is 6.55. The molecule has 23 heavy (non-hydrogen) atoms. The summed E-state index contributed by atoms with van der Waals surface area (Å²) >= 11 is 30.0. The van der Waals surface area contributed by atoms with Gasteiger partial charge in [-0.1, -0.05) is 58.0 Å². The molecule has 128 valence electrons. The van der Waals surface area contributed by atoms with E-state index in [1.165, 1.54) is 4.90 Å². The van der Waals surface area contributed by atoms with Crippen molar-refractivity contribution in [1.29, 1.82) is 0 Å². The van der Waals surface area contributed by atoms with Crippen molar-refractivity contribution < 1.29 is 14.4 Å². The summed E-state index contributed by atoms with van der Waals surface area (Å²) in [6, 6.07) is 0. The maximum Gasteiger partial charge on any atom is 0.260 e. The molecular weight excluding hydrogens is 405 g/mol. The molecule has 1 aromatic rings. The van der Waals surface area contributed by atoms with Gasteiger partial charge in [0.2, 0.25) is 0 Å². The Balaban J connectivity index is 2.03. The van der Waals surface area contributed by atoms with Gasteiger partial charge in [0.1, 0.15) is 10.0 Å². The Morgan fingerprint density at radius 1 is 1.00 bits per heavy atom. The quantitative estimate of drug-likeness (QED) is 0.599. The first-order valence-electron chi connectivity index (χ1n) is 7.12. The molecule has 0 spiro atoms. The minimum absolute atomic E-state index is 0.0408. The highest BCUT2D eigenvalue weighted by Crippen LogP contribution is 2.48. The fraction of sp³-hybridized carbons (Fsp3) is 0.500. The van der Waals surface area contributed by atoms with Gasteiger partial charge >= 0.3 is 0 Å². The predicted molar refractivity (Wildman–Crippen MR) is 94.8 cm³/mol. The van der Waals surface area contributed by atoms with Crippen LogP contribution in [0.1, 0.15) is 6.92 Å². The molecule has 0 saturated carbocycles. The first-order chi connectivity index (χ1) is 10.9. The van der Waals surface area contributed by atoms with E-state index in [9.17, 15) is 4.79 Å². The number of nitrogens with zero attached hydrogens (tertiary/aromatic N) is 1. The van der Waals surface area contributed by atoms with Crippen molar-refractivity contribution in [3.05, 3.63) is 25.1 Å². The average Bonchev–Trinajstić information content (AvgIpc) is 2.58. The van der Waals surface area contributed by atoms with Gasteiger partial charge in [0.05, 0.1) is 47.8 Å². The van der Waals surface area contributed by atoms with Gasteiger partial charge < -0.3 is 14.5 Å². The topological polar surface area (TPSA) is 34.0 Å². The number of carbonyl (C=O) groups is 1. The first-order valence-corrected chi connectivity index (χ1v) is 9.01. The summed E-state index contributed by atoms with van der Waals surface area (Å²) < 4.78 is 5.46. The summed E-state index contributed by atoms with van der Waals surface area (Å²) in [6.45, 7) is 6.28. The van der Waals surface area contributed by atoms with Crippen LogP contribution in [-0.2, 0) is 4.79 Å². The number of likely N-dealkylation sites (N-methyl/N-ethyl adjacent to an activating group) is 1. The molecule has 0 aromatic heterocycles. The van der Waals surface area contributed by atoms with Gasteiger partial charge in [0, 0.05) is 0 Å². The van der Waals surface area contributed by atoms with Crippen molar-refractivity contribution in [2.45, 2.75) is 6.92 Å². The number of hydrogen-bond acceptors (Lipinski definition) is 2. The van der Waals surface area contributed by atoms with Crippen molar-refractivity contribution >= 4 is 63.9 Å². The third-order valence-electron chi connectivity index (χ3n) is 3.83. The largest absolute Gasteiger partial charge is 0.481 e. The van der Waals surface area contributed by atoms with Crippen LogP contribution in [0, 0.1) is 0 Å². The summed E-state index contributed by atoms with van der Waals surface area (Å²) in [4.78, 5) is 15.5. The molecule has 1 saturated heterocycles. The summed E-state index contributed by atoms with van der Waals surface area (Å²) in [7, 11) is 0. The number of amides is 1. The van der Waals surface area contributed by atoms with Gasteiger partial charge in [-0.2, -0.15) is 0 Å². The lowest BCUT2D eigenvalue weighted by molar-refractivity contribution is -0.902. The molecule has 0 unspecified atom stereocenters. The van der Waals surface area contributed by atoms with Crippen LogP contribution in [0.5, 0.6) is 5.75 Å².